The molecule has 0 aliphatic heterocycles. The van der Waals surface area contributed by atoms with Gasteiger partial charge in [0.1, 0.15) is 0 Å². The third-order valence-electron chi connectivity index (χ3n) is 1.90. The second-order valence-electron chi connectivity index (χ2n) is 3.75. The van der Waals surface area contributed by atoms with E-state index in [1.807, 2.05) is 0 Å². The molecule has 0 aromatic carbocycles. The van der Waals surface area contributed by atoms with Crippen molar-refractivity contribution in [3.05, 3.63) is 0 Å². The summed E-state index contributed by atoms with van der Waals surface area (Å²) in [4.78, 5) is 11.1. The van der Waals surface area contributed by atoms with Crippen molar-refractivity contribution in [2.75, 3.05) is 20.3 Å². The zero-order chi connectivity index (χ0) is 11.2. The van der Waals surface area contributed by atoms with Gasteiger partial charge in [-0.15, -0.1) is 0 Å². The average molecular weight is 204 g/mol. The number of hydrogen-bond donors (Lipinski definition) is 3. The maximum absolute atomic E-state index is 11.1. The van der Waals surface area contributed by atoms with E-state index in [4.69, 9.17) is 10.5 Å². The minimum Gasteiger partial charge on any atom is -0.388 e. The predicted molar refractivity (Wildman–Crippen MR) is 53.8 cm³/mol. The zero-order valence-corrected chi connectivity index (χ0v) is 9.04. The molecule has 4 N–H and O–H groups in total. The van der Waals surface area contributed by atoms with Crippen LogP contribution in [0.3, 0.4) is 0 Å². The Morgan fingerprint density at radius 2 is 2.29 bits per heavy atom. The molecule has 1 unspecified atom stereocenters. The third-order valence-corrected chi connectivity index (χ3v) is 1.90. The fourth-order valence-corrected chi connectivity index (χ4v) is 0.849. The summed E-state index contributed by atoms with van der Waals surface area (Å²) in [6.45, 7) is 3.89. The molecule has 14 heavy (non-hydrogen) atoms. The van der Waals surface area contributed by atoms with Crippen LogP contribution in [0, 0.1) is 0 Å². The Bertz CT molecular complexity index is 181. The van der Waals surface area contributed by atoms with Gasteiger partial charge >= 0.3 is 0 Å². The molecule has 0 aromatic heterocycles. The number of nitrogens with two attached hydrogens (primary N) is 1. The summed E-state index contributed by atoms with van der Waals surface area (Å²) in [6, 6.07) is -0.548. The summed E-state index contributed by atoms with van der Waals surface area (Å²) >= 11 is 0. The number of ether oxygens (including phenoxy) is 1. The van der Waals surface area contributed by atoms with Crippen molar-refractivity contribution in [1.82, 2.24) is 5.32 Å². The molecule has 5 nitrogen and oxygen atoms in total. The van der Waals surface area contributed by atoms with Gasteiger partial charge in [-0.25, -0.2) is 0 Å². The fraction of sp³-hybridized carbons (Fsp3) is 0.889. The molecule has 0 radical (unpaired) electrons. The van der Waals surface area contributed by atoms with Crippen LogP contribution >= 0.6 is 0 Å². The minimum atomic E-state index is -0.944. The molecule has 0 spiro atoms. The summed E-state index contributed by atoms with van der Waals surface area (Å²) in [5, 5.41) is 12.3. The second-order valence-corrected chi connectivity index (χ2v) is 3.75. The van der Waals surface area contributed by atoms with Crippen LogP contribution in [0.15, 0.2) is 0 Å². The largest absolute Gasteiger partial charge is 0.388 e. The van der Waals surface area contributed by atoms with Gasteiger partial charge in [-0.3, -0.25) is 4.79 Å². The molecule has 1 amide bonds. The van der Waals surface area contributed by atoms with Crippen molar-refractivity contribution in [2.45, 2.75) is 31.9 Å². The van der Waals surface area contributed by atoms with Gasteiger partial charge in [0.2, 0.25) is 5.91 Å². The number of rotatable bonds is 6. The van der Waals surface area contributed by atoms with Crippen LogP contribution in [-0.4, -0.2) is 42.9 Å². The number of amides is 1. The van der Waals surface area contributed by atoms with Crippen LogP contribution in [0.25, 0.3) is 0 Å². The van der Waals surface area contributed by atoms with Crippen LogP contribution < -0.4 is 11.1 Å². The van der Waals surface area contributed by atoms with E-state index in [-0.39, 0.29) is 12.5 Å². The molecule has 84 valence electrons. The van der Waals surface area contributed by atoms with Crippen molar-refractivity contribution in [1.29, 1.82) is 0 Å². The number of hydrogen-bond acceptors (Lipinski definition) is 4. The molecule has 2 atom stereocenters. The maximum Gasteiger partial charge on any atom is 0.236 e. The van der Waals surface area contributed by atoms with E-state index in [0.717, 1.165) is 0 Å². The summed E-state index contributed by atoms with van der Waals surface area (Å²) < 4.78 is 4.83. The Morgan fingerprint density at radius 3 is 2.71 bits per heavy atom. The van der Waals surface area contributed by atoms with E-state index < -0.39 is 11.6 Å². The SMILES string of the molecule is COCCC(C)(O)CNC(=O)[C@@H](C)N. The molecule has 0 aliphatic carbocycles. The molecule has 0 saturated carbocycles. The van der Waals surface area contributed by atoms with Gasteiger partial charge in [-0.05, 0) is 13.8 Å². The lowest BCUT2D eigenvalue weighted by atomic mass is 10.0. The Labute approximate surface area is 84.6 Å². The van der Waals surface area contributed by atoms with Gasteiger partial charge in [-0.1, -0.05) is 0 Å². The normalized spacial score (nSPS) is 17.2. The van der Waals surface area contributed by atoms with Gasteiger partial charge < -0.3 is 20.9 Å². The number of carbonyl (C=O) groups is 1. The van der Waals surface area contributed by atoms with Crippen molar-refractivity contribution in [3.63, 3.8) is 0 Å². The highest BCUT2D eigenvalue weighted by Crippen LogP contribution is 2.07. The first kappa shape index (κ1) is 13.4. The summed E-state index contributed by atoms with van der Waals surface area (Å²) in [5.41, 5.74) is 4.40. The smallest absolute Gasteiger partial charge is 0.236 e. The minimum absolute atomic E-state index is 0.191. The lowest BCUT2D eigenvalue weighted by Gasteiger charge is -2.23. The van der Waals surface area contributed by atoms with E-state index in [9.17, 15) is 9.90 Å². The molecule has 5 heteroatoms. The highest BCUT2D eigenvalue weighted by Gasteiger charge is 2.21. The highest BCUT2D eigenvalue weighted by molar-refractivity contribution is 5.80. The van der Waals surface area contributed by atoms with Gasteiger partial charge in [0, 0.05) is 26.7 Å². The second kappa shape index (κ2) is 5.95. The quantitative estimate of drug-likeness (QED) is 0.531. The van der Waals surface area contributed by atoms with Gasteiger partial charge in [0.05, 0.1) is 11.6 Å². The van der Waals surface area contributed by atoms with E-state index in [2.05, 4.69) is 5.32 Å². The topological polar surface area (TPSA) is 84.6 Å². The predicted octanol–water partition coefficient (Wildman–Crippen LogP) is -0.763. The molecule has 0 heterocycles. The lowest BCUT2D eigenvalue weighted by molar-refractivity contribution is -0.123. The van der Waals surface area contributed by atoms with Gasteiger partial charge in [0.15, 0.2) is 0 Å². The highest BCUT2D eigenvalue weighted by atomic mass is 16.5. The molecular weight excluding hydrogens is 184 g/mol. The first-order valence-electron chi connectivity index (χ1n) is 4.63. The van der Waals surface area contributed by atoms with Crippen LogP contribution in [0.2, 0.25) is 0 Å². The van der Waals surface area contributed by atoms with Crippen molar-refractivity contribution in [2.24, 2.45) is 5.73 Å². The van der Waals surface area contributed by atoms with Crippen LogP contribution in [0.5, 0.6) is 0 Å². The van der Waals surface area contributed by atoms with Crippen LogP contribution in [0.1, 0.15) is 20.3 Å². The van der Waals surface area contributed by atoms with E-state index in [1.54, 1.807) is 21.0 Å². The fourth-order valence-electron chi connectivity index (χ4n) is 0.849. The maximum atomic E-state index is 11.1. The van der Waals surface area contributed by atoms with Crippen molar-refractivity contribution in [3.8, 4) is 0 Å². The van der Waals surface area contributed by atoms with Crippen LogP contribution in [0.4, 0.5) is 0 Å². The lowest BCUT2D eigenvalue weighted by Crippen LogP contribution is -2.46. The number of methoxy groups -OCH3 is 1. The molecule has 0 aromatic rings. The van der Waals surface area contributed by atoms with Crippen molar-refractivity contribution >= 4 is 5.91 Å². The summed E-state index contributed by atoms with van der Waals surface area (Å²) in [6.07, 6.45) is 0.475. The van der Waals surface area contributed by atoms with Gasteiger partial charge in [-0.2, -0.15) is 0 Å². The molecule has 0 saturated heterocycles. The zero-order valence-electron chi connectivity index (χ0n) is 9.04. The van der Waals surface area contributed by atoms with Crippen LogP contribution in [-0.2, 0) is 9.53 Å². The standard InChI is InChI=1S/C9H20N2O3/c1-7(10)8(12)11-6-9(2,13)4-5-14-3/h7,13H,4-6,10H2,1-3H3,(H,11,12)/t7-,9?/m1/s1. The molecule has 0 bridgehead atoms. The third kappa shape index (κ3) is 5.90. The Hall–Kier alpha value is -0.650. The number of aliphatic hydroxyl groups is 1. The monoisotopic (exact) mass is 204 g/mol. The Morgan fingerprint density at radius 1 is 1.71 bits per heavy atom. The first-order valence-corrected chi connectivity index (χ1v) is 4.63. The number of nitrogens with one attached hydrogen (secondary N) is 1. The number of carbonyl (C=O) groups excluding carboxylic acids is 1. The molecule has 0 rings (SSSR count). The van der Waals surface area contributed by atoms with Crippen molar-refractivity contribution < 1.29 is 14.6 Å². The molecular formula is C9H20N2O3. The van der Waals surface area contributed by atoms with Gasteiger partial charge in [0.25, 0.3) is 0 Å². The summed E-state index contributed by atoms with van der Waals surface area (Å²) in [5.74, 6) is -0.261. The molecule has 0 fully saturated rings. The Kier molecular flexibility index (Phi) is 5.68. The first-order chi connectivity index (χ1) is 6.39. The Balaban J connectivity index is 3.80. The average Bonchev–Trinajstić information content (AvgIpc) is 2.11. The summed E-state index contributed by atoms with van der Waals surface area (Å²) in [7, 11) is 1.57. The van der Waals surface area contributed by atoms with E-state index in [0.29, 0.717) is 13.0 Å². The van der Waals surface area contributed by atoms with E-state index >= 15 is 0 Å². The molecule has 0 aliphatic rings. The van der Waals surface area contributed by atoms with E-state index in [1.165, 1.54) is 0 Å².